The van der Waals surface area contributed by atoms with Gasteiger partial charge in [0.2, 0.25) is 11.8 Å². The first kappa shape index (κ1) is 18.4. The van der Waals surface area contributed by atoms with E-state index in [4.69, 9.17) is 4.74 Å². The molecule has 1 aromatic rings. The lowest BCUT2D eigenvalue weighted by atomic mass is 10.1. The van der Waals surface area contributed by atoms with E-state index in [0.29, 0.717) is 6.54 Å². The lowest BCUT2D eigenvalue weighted by Gasteiger charge is -2.29. The Labute approximate surface area is 143 Å². The van der Waals surface area contributed by atoms with Gasteiger partial charge in [0.05, 0.1) is 19.8 Å². The number of anilines is 1. The normalized spacial score (nSPS) is 15.1. The van der Waals surface area contributed by atoms with Gasteiger partial charge in [0.25, 0.3) is 0 Å². The molecule has 0 saturated carbocycles. The van der Waals surface area contributed by atoms with Crippen LogP contribution in [-0.4, -0.2) is 67.6 Å². The summed E-state index contributed by atoms with van der Waals surface area (Å²) in [6.45, 7) is 10.1. The predicted octanol–water partition coefficient (Wildman–Crippen LogP) is 1.42. The van der Waals surface area contributed by atoms with Crippen LogP contribution in [0.15, 0.2) is 18.2 Å². The van der Waals surface area contributed by atoms with Crippen molar-refractivity contribution in [1.29, 1.82) is 0 Å². The molecule has 1 saturated heterocycles. The van der Waals surface area contributed by atoms with Crippen LogP contribution in [0.2, 0.25) is 0 Å². The summed E-state index contributed by atoms with van der Waals surface area (Å²) in [6, 6.07) is 5.81. The molecule has 1 fully saturated rings. The summed E-state index contributed by atoms with van der Waals surface area (Å²) in [7, 11) is 0. The highest BCUT2D eigenvalue weighted by Gasteiger charge is 2.17. The molecule has 2 amide bonds. The molecule has 0 aromatic heterocycles. The number of carbonyl (C=O) groups is 2. The summed E-state index contributed by atoms with van der Waals surface area (Å²) in [5, 5.41) is 2.91. The van der Waals surface area contributed by atoms with Crippen LogP contribution in [0.25, 0.3) is 0 Å². The Balaban J connectivity index is 1.88. The lowest BCUT2D eigenvalue weighted by Crippen LogP contribution is -2.44. The van der Waals surface area contributed by atoms with Crippen LogP contribution in [0.4, 0.5) is 5.69 Å². The third-order valence-electron chi connectivity index (χ3n) is 4.45. The van der Waals surface area contributed by atoms with Crippen molar-refractivity contribution in [3.05, 3.63) is 29.3 Å². The van der Waals surface area contributed by atoms with E-state index in [1.165, 1.54) is 6.92 Å². The van der Waals surface area contributed by atoms with Gasteiger partial charge in [-0.1, -0.05) is 12.1 Å². The molecule has 0 aliphatic carbocycles. The Morgan fingerprint density at radius 1 is 1.25 bits per heavy atom. The summed E-state index contributed by atoms with van der Waals surface area (Å²) < 4.78 is 5.32. The smallest absolute Gasteiger partial charge is 0.244 e. The zero-order valence-electron chi connectivity index (χ0n) is 14.8. The minimum atomic E-state index is -0.166. The summed E-state index contributed by atoms with van der Waals surface area (Å²) in [5.41, 5.74) is 2.98. The summed E-state index contributed by atoms with van der Waals surface area (Å²) in [5.74, 6) is -0.250. The highest BCUT2D eigenvalue weighted by Crippen LogP contribution is 2.17. The molecule has 0 radical (unpaired) electrons. The van der Waals surface area contributed by atoms with Crippen molar-refractivity contribution in [3.8, 4) is 0 Å². The summed E-state index contributed by atoms with van der Waals surface area (Å²) >= 11 is 0. The van der Waals surface area contributed by atoms with Crippen molar-refractivity contribution in [2.45, 2.75) is 20.8 Å². The van der Waals surface area contributed by atoms with Crippen LogP contribution in [0.3, 0.4) is 0 Å². The first-order valence-corrected chi connectivity index (χ1v) is 8.39. The van der Waals surface area contributed by atoms with Crippen molar-refractivity contribution >= 4 is 17.5 Å². The second-order valence-electron chi connectivity index (χ2n) is 6.19. The van der Waals surface area contributed by atoms with Crippen molar-refractivity contribution in [1.82, 2.24) is 9.80 Å². The lowest BCUT2D eigenvalue weighted by molar-refractivity contribution is -0.133. The Morgan fingerprint density at radius 2 is 1.96 bits per heavy atom. The fourth-order valence-corrected chi connectivity index (χ4v) is 2.68. The molecule has 24 heavy (non-hydrogen) atoms. The van der Waals surface area contributed by atoms with Crippen LogP contribution in [0, 0.1) is 13.8 Å². The molecule has 132 valence electrons. The van der Waals surface area contributed by atoms with Gasteiger partial charge < -0.3 is 15.0 Å². The third-order valence-corrected chi connectivity index (χ3v) is 4.45. The minimum absolute atomic E-state index is 0.0764. The van der Waals surface area contributed by atoms with E-state index in [-0.39, 0.29) is 18.4 Å². The molecule has 0 unspecified atom stereocenters. The van der Waals surface area contributed by atoms with E-state index in [1.54, 1.807) is 4.90 Å². The number of amides is 2. The SMILES string of the molecule is CC(=O)N(CCN1CCOCC1)CC(=O)Nc1cccc(C)c1C. The molecule has 2 rings (SSSR count). The van der Waals surface area contributed by atoms with Gasteiger partial charge in [0.15, 0.2) is 0 Å². The van der Waals surface area contributed by atoms with Gasteiger partial charge in [-0.2, -0.15) is 0 Å². The number of benzene rings is 1. The Morgan fingerprint density at radius 3 is 2.62 bits per heavy atom. The number of nitrogens with zero attached hydrogens (tertiary/aromatic N) is 2. The predicted molar refractivity (Wildman–Crippen MR) is 94.1 cm³/mol. The van der Waals surface area contributed by atoms with Crippen LogP contribution in [0.5, 0.6) is 0 Å². The molecular weight excluding hydrogens is 306 g/mol. The van der Waals surface area contributed by atoms with Gasteiger partial charge in [-0.05, 0) is 31.0 Å². The first-order chi connectivity index (χ1) is 11.5. The standard InChI is InChI=1S/C18H27N3O3/c1-14-5-4-6-17(15(14)2)19-18(23)13-21(16(3)22)8-7-20-9-11-24-12-10-20/h4-6H,7-13H2,1-3H3,(H,19,23). The number of hydrogen-bond donors (Lipinski definition) is 1. The second kappa shape index (κ2) is 8.80. The molecule has 0 spiro atoms. The van der Waals surface area contributed by atoms with Gasteiger partial charge in [-0.3, -0.25) is 14.5 Å². The maximum Gasteiger partial charge on any atom is 0.244 e. The van der Waals surface area contributed by atoms with Crippen molar-refractivity contribution < 1.29 is 14.3 Å². The number of morpholine rings is 1. The van der Waals surface area contributed by atoms with Gasteiger partial charge in [-0.15, -0.1) is 0 Å². The average molecular weight is 333 g/mol. The largest absolute Gasteiger partial charge is 0.379 e. The zero-order chi connectivity index (χ0) is 17.5. The van der Waals surface area contributed by atoms with Crippen LogP contribution in [-0.2, 0) is 14.3 Å². The average Bonchev–Trinajstić information content (AvgIpc) is 2.56. The Kier molecular flexibility index (Phi) is 6.75. The number of nitrogens with one attached hydrogen (secondary N) is 1. The van der Waals surface area contributed by atoms with Crippen molar-refractivity contribution in [2.75, 3.05) is 51.3 Å². The van der Waals surface area contributed by atoms with Crippen molar-refractivity contribution in [3.63, 3.8) is 0 Å². The highest BCUT2D eigenvalue weighted by atomic mass is 16.5. The highest BCUT2D eigenvalue weighted by molar-refractivity contribution is 5.95. The number of hydrogen-bond acceptors (Lipinski definition) is 4. The van der Waals surface area contributed by atoms with Gasteiger partial charge >= 0.3 is 0 Å². The fraction of sp³-hybridized carbons (Fsp3) is 0.556. The molecule has 6 nitrogen and oxygen atoms in total. The number of rotatable bonds is 6. The molecule has 1 aliphatic rings. The molecule has 1 aromatic carbocycles. The van der Waals surface area contributed by atoms with E-state index in [0.717, 1.165) is 49.7 Å². The zero-order valence-corrected chi connectivity index (χ0v) is 14.8. The van der Waals surface area contributed by atoms with Gasteiger partial charge in [-0.25, -0.2) is 0 Å². The molecular formula is C18H27N3O3. The topological polar surface area (TPSA) is 61.9 Å². The summed E-state index contributed by atoms with van der Waals surface area (Å²) in [4.78, 5) is 28.0. The van der Waals surface area contributed by atoms with E-state index in [9.17, 15) is 9.59 Å². The molecule has 1 N–H and O–H groups in total. The third kappa shape index (κ3) is 5.32. The molecule has 0 bridgehead atoms. The quantitative estimate of drug-likeness (QED) is 0.855. The number of aryl methyl sites for hydroxylation is 1. The Hall–Kier alpha value is -1.92. The van der Waals surface area contributed by atoms with Crippen molar-refractivity contribution in [2.24, 2.45) is 0 Å². The number of carbonyl (C=O) groups excluding carboxylic acids is 2. The van der Waals surface area contributed by atoms with E-state index < -0.39 is 0 Å². The molecule has 1 aliphatic heterocycles. The maximum atomic E-state index is 12.3. The van der Waals surface area contributed by atoms with E-state index in [1.807, 2.05) is 32.0 Å². The Bertz CT molecular complexity index is 583. The van der Waals surface area contributed by atoms with Crippen LogP contribution in [0.1, 0.15) is 18.1 Å². The van der Waals surface area contributed by atoms with Gasteiger partial charge in [0.1, 0.15) is 0 Å². The van der Waals surface area contributed by atoms with E-state index in [2.05, 4.69) is 10.2 Å². The van der Waals surface area contributed by atoms with Gasteiger partial charge in [0, 0.05) is 38.8 Å². The molecule has 6 heteroatoms. The van der Waals surface area contributed by atoms with Crippen LogP contribution < -0.4 is 5.32 Å². The molecule has 0 atom stereocenters. The van der Waals surface area contributed by atoms with E-state index >= 15 is 0 Å². The first-order valence-electron chi connectivity index (χ1n) is 8.39. The molecule has 1 heterocycles. The monoisotopic (exact) mass is 333 g/mol. The minimum Gasteiger partial charge on any atom is -0.379 e. The van der Waals surface area contributed by atoms with Crippen LogP contribution >= 0.6 is 0 Å². The maximum absolute atomic E-state index is 12.3. The second-order valence-corrected chi connectivity index (χ2v) is 6.19. The number of ether oxygens (including phenoxy) is 1. The summed E-state index contributed by atoms with van der Waals surface area (Å²) in [6.07, 6.45) is 0. The fourth-order valence-electron chi connectivity index (χ4n) is 2.68.